The van der Waals surface area contributed by atoms with Crippen molar-refractivity contribution in [3.05, 3.63) is 72.1 Å². The van der Waals surface area contributed by atoms with Crippen LogP contribution in [0.15, 0.2) is 70.4 Å². The number of furan rings is 1. The Balaban J connectivity index is 1.77. The molecule has 3 aromatic heterocycles. The molecule has 9 heteroatoms. The van der Waals surface area contributed by atoms with Gasteiger partial charge in [-0.3, -0.25) is 4.72 Å². The first-order chi connectivity index (χ1) is 12.9. The molecule has 3 heterocycles. The summed E-state index contributed by atoms with van der Waals surface area (Å²) in [5.41, 5.74) is 1.36. The van der Waals surface area contributed by atoms with E-state index in [2.05, 4.69) is 14.7 Å². The van der Waals surface area contributed by atoms with Crippen LogP contribution in [0.5, 0.6) is 0 Å². The summed E-state index contributed by atoms with van der Waals surface area (Å²) in [5.74, 6) is -0.517. The summed E-state index contributed by atoms with van der Waals surface area (Å²) in [6, 6.07) is 10.7. The quantitative estimate of drug-likeness (QED) is 0.508. The fraction of sp³-hybridized carbons (Fsp3) is 0. The third kappa shape index (κ3) is 3.36. The van der Waals surface area contributed by atoms with Crippen molar-refractivity contribution in [2.45, 2.75) is 4.90 Å². The molecule has 4 aromatic rings. The van der Waals surface area contributed by atoms with Crippen LogP contribution in [-0.2, 0) is 10.0 Å². The Labute approximate surface area is 158 Å². The van der Waals surface area contributed by atoms with Gasteiger partial charge in [0, 0.05) is 17.3 Å². The van der Waals surface area contributed by atoms with Gasteiger partial charge in [-0.25, -0.2) is 22.8 Å². The van der Waals surface area contributed by atoms with Crippen molar-refractivity contribution >= 4 is 38.4 Å². The molecule has 136 valence electrons. The third-order valence-electron chi connectivity index (χ3n) is 3.84. The molecule has 0 saturated heterocycles. The second-order valence-electron chi connectivity index (χ2n) is 5.64. The summed E-state index contributed by atoms with van der Waals surface area (Å²) in [6.45, 7) is 0. The Morgan fingerprint density at radius 2 is 1.85 bits per heavy atom. The zero-order valence-corrected chi connectivity index (χ0v) is 15.1. The lowest BCUT2D eigenvalue weighted by atomic mass is 10.1. The molecule has 4 rings (SSSR count). The summed E-state index contributed by atoms with van der Waals surface area (Å²) < 4.78 is 46.3. The van der Waals surface area contributed by atoms with Crippen molar-refractivity contribution < 1.29 is 17.2 Å². The van der Waals surface area contributed by atoms with Gasteiger partial charge in [-0.05, 0) is 24.3 Å². The Morgan fingerprint density at radius 3 is 2.63 bits per heavy atom. The number of halogens is 2. The van der Waals surface area contributed by atoms with Gasteiger partial charge in [0.25, 0.3) is 10.0 Å². The number of sulfonamides is 1. The lowest BCUT2D eigenvalue weighted by molar-refractivity contribution is 0.593. The van der Waals surface area contributed by atoms with Gasteiger partial charge in [-0.1, -0.05) is 29.8 Å². The van der Waals surface area contributed by atoms with Gasteiger partial charge in [-0.2, -0.15) is 0 Å². The number of anilines is 1. The minimum absolute atomic E-state index is 0.0182. The Morgan fingerprint density at radius 1 is 1.07 bits per heavy atom. The minimum atomic E-state index is -3.84. The van der Waals surface area contributed by atoms with E-state index in [4.69, 9.17) is 16.0 Å². The maximum atomic E-state index is 13.5. The van der Waals surface area contributed by atoms with Crippen molar-refractivity contribution in [1.29, 1.82) is 0 Å². The van der Waals surface area contributed by atoms with Crippen LogP contribution in [-0.4, -0.2) is 18.4 Å². The maximum Gasteiger partial charge on any atom is 0.261 e. The number of benzene rings is 1. The summed E-state index contributed by atoms with van der Waals surface area (Å²) in [4.78, 5) is 7.98. The topological polar surface area (TPSA) is 85.1 Å². The van der Waals surface area contributed by atoms with E-state index in [0.29, 0.717) is 16.5 Å². The number of aromatic nitrogens is 2. The molecule has 1 aromatic carbocycles. The first-order valence-electron chi connectivity index (χ1n) is 7.70. The fourth-order valence-electron chi connectivity index (χ4n) is 2.59. The van der Waals surface area contributed by atoms with Gasteiger partial charge >= 0.3 is 0 Å². The van der Waals surface area contributed by atoms with Gasteiger partial charge in [-0.15, -0.1) is 0 Å². The molecule has 0 unspecified atom stereocenters. The van der Waals surface area contributed by atoms with Crippen LogP contribution in [0.4, 0.5) is 10.1 Å². The van der Waals surface area contributed by atoms with Crippen LogP contribution in [0.1, 0.15) is 0 Å². The Hall–Kier alpha value is -2.97. The standard InChI is InChI=1S/C18H11ClFN3O3S/c19-17-16(23-27(24,25)13-4-2-1-3-5-13)6-11(8-21-17)15-10-26-18-14(15)7-12(20)9-22-18/h1-10,23H. The smallest absolute Gasteiger partial charge is 0.261 e. The van der Waals surface area contributed by atoms with Crippen LogP contribution in [0.3, 0.4) is 0 Å². The van der Waals surface area contributed by atoms with Gasteiger partial charge in [0.2, 0.25) is 5.71 Å². The summed E-state index contributed by atoms with van der Waals surface area (Å²) >= 11 is 6.06. The highest BCUT2D eigenvalue weighted by Crippen LogP contribution is 2.33. The second kappa shape index (κ2) is 6.64. The predicted molar refractivity (Wildman–Crippen MR) is 99.5 cm³/mol. The number of nitrogens with zero attached hydrogens (tertiary/aromatic N) is 2. The maximum absolute atomic E-state index is 13.5. The number of hydrogen-bond acceptors (Lipinski definition) is 5. The van der Waals surface area contributed by atoms with Crippen molar-refractivity contribution in [1.82, 2.24) is 9.97 Å². The van der Waals surface area contributed by atoms with Crippen LogP contribution < -0.4 is 4.72 Å². The molecular formula is C18H11ClFN3O3S. The van der Waals surface area contributed by atoms with Gasteiger partial charge in [0.05, 0.1) is 22.2 Å². The van der Waals surface area contributed by atoms with Crippen LogP contribution in [0.2, 0.25) is 5.15 Å². The molecule has 0 saturated carbocycles. The molecule has 0 bridgehead atoms. The van der Waals surface area contributed by atoms with E-state index < -0.39 is 15.8 Å². The second-order valence-corrected chi connectivity index (χ2v) is 7.68. The Bertz CT molecular complexity index is 1240. The molecule has 0 amide bonds. The average molecular weight is 404 g/mol. The average Bonchev–Trinajstić information content (AvgIpc) is 3.07. The van der Waals surface area contributed by atoms with Crippen molar-refractivity contribution in [3.8, 4) is 11.1 Å². The van der Waals surface area contributed by atoms with E-state index >= 15 is 0 Å². The number of nitrogens with one attached hydrogen (secondary N) is 1. The zero-order chi connectivity index (χ0) is 19.0. The number of rotatable bonds is 4. The van der Waals surface area contributed by atoms with Gasteiger partial charge in [0.1, 0.15) is 12.1 Å². The number of pyridine rings is 2. The molecule has 0 radical (unpaired) electrons. The molecule has 0 atom stereocenters. The van der Waals surface area contributed by atoms with E-state index in [1.165, 1.54) is 36.7 Å². The van der Waals surface area contributed by atoms with E-state index in [0.717, 1.165) is 6.20 Å². The predicted octanol–water partition coefficient (Wildman–Crippen LogP) is 4.48. The van der Waals surface area contributed by atoms with E-state index in [1.807, 2.05) is 0 Å². The third-order valence-corrected chi connectivity index (χ3v) is 5.53. The zero-order valence-electron chi connectivity index (χ0n) is 13.6. The van der Waals surface area contributed by atoms with E-state index in [1.54, 1.807) is 18.2 Å². The lowest BCUT2D eigenvalue weighted by Gasteiger charge is -2.10. The van der Waals surface area contributed by atoms with Crippen molar-refractivity contribution in [3.63, 3.8) is 0 Å². The number of fused-ring (bicyclic) bond motifs is 1. The van der Waals surface area contributed by atoms with Gasteiger partial charge < -0.3 is 4.42 Å². The molecule has 0 aliphatic heterocycles. The molecule has 6 nitrogen and oxygen atoms in total. The van der Waals surface area contributed by atoms with E-state index in [-0.39, 0.29) is 21.4 Å². The molecule has 1 N–H and O–H groups in total. The first kappa shape index (κ1) is 17.4. The largest absolute Gasteiger partial charge is 0.445 e. The molecule has 0 aliphatic carbocycles. The Kier molecular flexibility index (Phi) is 4.29. The molecule has 0 fully saturated rings. The molecular weight excluding hydrogens is 393 g/mol. The summed E-state index contributed by atoms with van der Waals surface area (Å²) in [6.07, 6.45) is 3.89. The normalized spacial score (nSPS) is 11.6. The monoisotopic (exact) mass is 403 g/mol. The van der Waals surface area contributed by atoms with Crippen LogP contribution in [0.25, 0.3) is 22.2 Å². The summed E-state index contributed by atoms with van der Waals surface area (Å²) in [7, 11) is -3.84. The van der Waals surface area contributed by atoms with E-state index in [9.17, 15) is 12.8 Å². The molecule has 27 heavy (non-hydrogen) atoms. The fourth-order valence-corrected chi connectivity index (χ4v) is 3.87. The first-order valence-corrected chi connectivity index (χ1v) is 9.57. The van der Waals surface area contributed by atoms with Gasteiger partial charge in [0.15, 0.2) is 5.15 Å². The lowest BCUT2D eigenvalue weighted by Crippen LogP contribution is -2.13. The minimum Gasteiger partial charge on any atom is -0.445 e. The molecule has 0 aliphatic rings. The van der Waals surface area contributed by atoms with Crippen LogP contribution >= 0.6 is 11.6 Å². The highest BCUT2D eigenvalue weighted by molar-refractivity contribution is 7.92. The number of hydrogen-bond donors (Lipinski definition) is 1. The SMILES string of the molecule is O=S(=O)(Nc1cc(-c2coc3ncc(F)cc23)cnc1Cl)c1ccccc1. The highest BCUT2D eigenvalue weighted by atomic mass is 35.5. The summed E-state index contributed by atoms with van der Waals surface area (Å²) in [5, 5.41) is 0.423. The van der Waals surface area contributed by atoms with Crippen molar-refractivity contribution in [2.75, 3.05) is 4.72 Å². The van der Waals surface area contributed by atoms with Crippen LogP contribution in [0, 0.1) is 5.82 Å². The van der Waals surface area contributed by atoms with Crippen molar-refractivity contribution in [2.24, 2.45) is 0 Å². The molecule has 0 spiro atoms. The highest BCUT2D eigenvalue weighted by Gasteiger charge is 2.18.